The van der Waals surface area contributed by atoms with Gasteiger partial charge in [-0.1, -0.05) is 0 Å². The largest absolute Gasteiger partial charge is 0.394 e. The van der Waals surface area contributed by atoms with E-state index in [-0.39, 0.29) is 25.9 Å². The highest BCUT2D eigenvalue weighted by atomic mass is 32.3. The average molecular weight is 782 g/mol. The van der Waals surface area contributed by atoms with Crippen molar-refractivity contribution in [3.05, 3.63) is 0 Å². The van der Waals surface area contributed by atoms with Crippen LogP contribution in [0.2, 0.25) is 0 Å². The zero-order valence-electron chi connectivity index (χ0n) is 25.9. The van der Waals surface area contributed by atoms with Crippen molar-refractivity contribution in [1.82, 2.24) is 5.32 Å². The highest BCUT2D eigenvalue weighted by Crippen LogP contribution is 2.32. The number of aliphatic hydroxyl groups is 8. The average Bonchev–Trinajstić information content (AvgIpc) is 2.99. The lowest BCUT2D eigenvalue weighted by Crippen LogP contribution is -2.69. The number of ether oxygens (including phenoxy) is 4. The SMILES string of the molecule is NCCC(O)C(=O)N[C@@H]1C[C@H](N)[C@@H](OC2O[C@H](CN)[C@@H](O)[C@H](O)[C@H]2O)[C@H](O)C1OC1O[C@H](CO)[C@@H](O)[C@H](N)[C@H]1O.O=S(=O)(O)O.O=S(=O)(O)O. The van der Waals surface area contributed by atoms with Gasteiger partial charge in [0.25, 0.3) is 0 Å². The van der Waals surface area contributed by atoms with Gasteiger partial charge in [-0.3, -0.25) is 23.0 Å². The number of rotatable bonds is 10. The zero-order valence-corrected chi connectivity index (χ0v) is 27.6. The molecule has 298 valence electrons. The van der Waals surface area contributed by atoms with E-state index in [1.54, 1.807) is 0 Å². The van der Waals surface area contributed by atoms with Crippen LogP contribution in [0, 0.1) is 0 Å². The molecular weight excluding hydrogens is 734 g/mol. The van der Waals surface area contributed by atoms with Crippen LogP contribution < -0.4 is 28.3 Å². The maximum absolute atomic E-state index is 12.6. The minimum absolute atomic E-state index is 0.0101. The number of aliphatic hydroxyl groups excluding tert-OH is 8. The second-order valence-corrected chi connectivity index (χ2v) is 13.0. The number of carbonyl (C=O) groups is 1. The Balaban J connectivity index is 0.00000109. The minimum atomic E-state index is -4.67. The van der Waals surface area contributed by atoms with Crippen molar-refractivity contribution in [2.24, 2.45) is 22.9 Å². The van der Waals surface area contributed by atoms with E-state index >= 15 is 0 Å². The molecule has 0 radical (unpaired) electrons. The maximum atomic E-state index is 12.6. The molecule has 50 heavy (non-hydrogen) atoms. The summed E-state index contributed by atoms with van der Waals surface area (Å²) in [4.78, 5) is 12.6. The summed E-state index contributed by atoms with van der Waals surface area (Å²) in [5.41, 5.74) is 23.1. The molecule has 0 aromatic heterocycles. The number of nitrogens with two attached hydrogens (primary N) is 4. The molecule has 26 nitrogen and oxygen atoms in total. The monoisotopic (exact) mass is 781 g/mol. The Kier molecular flexibility index (Phi) is 18.8. The van der Waals surface area contributed by atoms with E-state index in [0.29, 0.717) is 0 Å². The molecule has 1 saturated carbocycles. The van der Waals surface area contributed by atoms with Crippen molar-refractivity contribution in [3.8, 4) is 0 Å². The molecule has 4 unspecified atom stereocenters. The molecular formula is C22H47N5O21S2. The van der Waals surface area contributed by atoms with Crippen LogP contribution in [-0.4, -0.2) is 199 Å². The van der Waals surface area contributed by atoms with Crippen LogP contribution in [0.4, 0.5) is 0 Å². The summed E-state index contributed by atoms with van der Waals surface area (Å²) in [6.45, 7) is -0.898. The van der Waals surface area contributed by atoms with Crippen LogP contribution in [0.15, 0.2) is 0 Å². The normalized spacial score (nSPS) is 40.0. The van der Waals surface area contributed by atoms with E-state index in [1.165, 1.54) is 0 Å². The molecule has 16 atom stereocenters. The molecule has 0 spiro atoms. The van der Waals surface area contributed by atoms with Gasteiger partial charge < -0.3 is 88.1 Å². The van der Waals surface area contributed by atoms with E-state index in [0.717, 1.165) is 0 Å². The topological polar surface area (TPSA) is 481 Å². The van der Waals surface area contributed by atoms with Crippen LogP contribution in [0.5, 0.6) is 0 Å². The first-order valence-electron chi connectivity index (χ1n) is 14.5. The van der Waals surface area contributed by atoms with Gasteiger partial charge >= 0.3 is 20.8 Å². The first-order valence-corrected chi connectivity index (χ1v) is 17.3. The third kappa shape index (κ3) is 14.5. The Labute approximate surface area is 285 Å². The molecule has 0 bridgehead atoms. The number of nitrogens with one attached hydrogen (secondary N) is 1. The second-order valence-electron chi connectivity index (χ2n) is 11.2. The van der Waals surface area contributed by atoms with Crippen molar-refractivity contribution in [1.29, 1.82) is 0 Å². The highest BCUT2D eigenvalue weighted by molar-refractivity contribution is 7.80. The lowest BCUT2D eigenvalue weighted by atomic mass is 9.83. The quantitative estimate of drug-likeness (QED) is 0.0915. The smallest absolute Gasteiger partial charge is 0.394 e. The summed E-state index contributed by atoms with van der Waals surface area (Å²) in [6.07, 6.45) is -19.8. The molecule has 28 heteroatoms. The molecule has 1 amide bonds. The molecule has 0 aromatic rings. The molecule has 2 heterocycles. The lowest BCUT2D eigenvalue weighted by Gasteiger charge is -2.49. The third-order valence-electron chi connectivity index (χ3n) is 7.51. The number of hydrogen-bond donors (Lipinski definition) is 17. The van der Waals surface area contributed by atoms with Crippen molar-refractivity contribution >= 4 is 26.7 Å². The van der Waals surface area contributed by atoms with Crippen molar-refractivity contribution in [3.63, 3.8) is 0 Å². The van der Waals surface area contributed by atoms with Crippen molar-refractivity contribution in [2.75, 3.05) is 19.7 Å². The standard InChI is InChI=1S/C22H43N5O13.2H2O4S/c23-2-1-8(29)20(36)27-7-3-6(25)18(39-22-16(34)15(33)13(31)9(4-24)37-22)17(35)19(7)40-21-14(32)11(26)12(30)10(5-28)38-21;2*1-5(2,3)4/h6-19,21-22,28-35H,1-5,23-26H2,(H,27,36);2*(H2,1,2,3,4)/t6-,7+,8?,9+,10+,11-,12+,13+,14+,15-,16+,17-,18+,19?,21?,22?;;/m0../s1. The van der Waals surface area contributed by atoms with E-state index in [4.69, 9.17) is 76.9 Å². The molecule has 2 aliphatic heterocycles. The summed E-state index contributed by atoms with van der Waals surface area (Å²) in [6, 6.07) is -3.45. The van der Waals surface area contributed by atoms with Gasteiger partial charge in [0.1, 0.15) is 67.1 Å². The molecule has 0 aromatic carbocycles. The Morgan fingerprint density at radius 2 is 1.24 bits per heavy atom. The van der Waals surface area contributed by atoms with Crippen LogP contribution in [-0.2, 0) is 44.5 Å². The molecule has 3 rings (SSSR count). The second kappa shape index (κ2) is 20.1. The summed E-state index contributed by atoms with van der Waals surface area (Å²) in [5.74, 6) is -0.845. The Morgan fingerprint density at radius 1 is 0.760 bits per heavy atom. The molecule has 3 fully saturated rings. The van der Waals surface area contributed by atoms with Crippen LogP contribution >= 0.6 is 0 Å². The van der Waals surface area contributed by atoms with Gasteiger partial charge in [0.15, 0.2) is 12.6 Å². The summed E-state index contributed by atoms with van der Waals surface area (Å²) in [7, 11) is -9.33. The van der Waals surface area contributed by atoms with Crippen LogP contribution in [0.1, 0.15) is 12.8 Å². The fourth-order valence-corrected chi connectivity index (χ4v) is 5.07. The van der Waals surface area contributed by atoms with Gasteiger partial charge in [-0.2, -0.15) is 16.8 Å². The van der Waals surface area contributed by atoms with Crippen molar-refractivity contribution < 1.29 is 99.6 Å². The fourth-order valence-electron chi connectivity index (χ4n) is 5.07. The zero-order chi connectivity index (χ0) is 38.9. The van der Waals surface area contributed by atoms with Gasteiger partial charge in [0.2, 0.25) is 5.91 Å². The molecule has 1 aliphatic carbocycles. The number of hydrogen-bond acceptors (Lipinski definition) is 21. The van der Waals surface area contributed by atoms with Crippen LogP contribution in [0.3, 0.4) is 0 Å². The van der Waals surface area contributed by atoms with E-state index in [1.807, 2.05) is 0 Å². The van der Waals surface area contributed by atoms with Gasteiger partial charge in [-0.05, 0) is 19.4 Å². The van der Waals surface area contributed by atoms with Gasteiger partial charge in [-0.15, -0.1) is 0 Å². The first kappa shape index (κ1) is 46.6. The summed E-state index contributed by atoms with van der Waals surface area (Å²) >= 11 is 0. The Bertz CT molecular complexity index is 1200. The molecule has 2 saturated heterocycles. The fraction of sp³-hybridized carbons (Fsp3) is 0.955. The summed E-state index contributed by atoms with van der Waals surface area (Å²) in [5, 5.41) is 84.9. The van der Waals surface area contributed by atoms with Gasteiger partial charge in [-0.25, -0.2) is 0 Å². The number of amides is 1. The first-order chi connectivity index (χ1) is 22.9. The van der Waals surface area contributed by atoms with Gasteiger partial charge in [0, 0.05) is 12.6 Å². The van der Waals surface area contributed by atoms with E-state index < -0.39 is 131 Å². The van der Waals surface area contributed by atoms with E-state index in [9.17, 15) is 45.6 Å². The van der Waals surface area contributed by atoms with E-state index in [2.05, 4.69) is 5.32 Å². The summed E-state index contributed by atoms with van der Waals surface area (Å²) < 4.78 is 85.7. The lowest BCUT2D eigenvalue weighted by molar-refractivity contribution is -0.332. The molecule has 21 N–H and O–H groups in total. The third-order valence-corrected chi connectivity index (χ3v) is 7.51. The predicted molar refractivity (Wildman–Crippen MR) is 160 cm³/mol. The Morgan fingerprint density at radius 3 is 1.72 bits per heavy atom. The highest BCUT2D eigenvalue weighted by Gasteiger charge is 2.52. The maximum Gasteiger partial charge on any atom is 0.394 e. The number of carbonyl (C=O) groups excluding carboxylic acids is 1. The molecule has 3 aliphatic rings. The predicted octanol–water partition coefficient (Wildman–Crippen LogP) is -9.73. The van der Waals surface area contributed by atoms with Crippen LogP contribution in [0.25, 0.3) is 0 Å². The van der Waals surface area contributed by atoms with Crippen molar-refractivity contribution in [2.45, 2.75) is 111 Å². The van der Waals surface area contributed by atoms with Gasteiger partial charge in [0.05, 0.1) is 18.7 Å². The minimum Gasteiger partial charge on any atom is -0.394 e. The Hall–Kier alpha value is -1.43.